The zero-order chi connectivity index (χ0) is 18.5. The number of rotatable bonds is 0. The molecule has 27 heavy (non-hydrogen) atoms. The Bertz CT molecular complexity index is 884. The molecule has 0 N–H and O–H groups in total. The van der Waals surface area contributed by atoms with Crippen LogP contribution in [0.4, 0.5) is 0 Å². The van der Waals surface area contributed by atoms with Crippen LogP contribution in [-0.4, -0.2) is 0 Å². The predicted molar refractivity (Wildman–Crippen MR) is 112 cm³/mol. The molecule has 0 radical (unpaired) electrons. The van der Waals surface area contributed by atoms with Gasteiger partial charge in [-0.25, -0.2) is 0 Å². The minimum Gasteiger partial charge on any atom is -0.0949 e. The van der Waals surface area contributed by atoms with E-state index in [1.807, 2.05) is 0 Å². The van der Waals surface area contributed by atoms with Crippen LogP contribution in [-0.2, 0) is 0 Å². The topological polar surface area (TPSA) is 0 Å². The molecule has 0 saturated heterocycles. The third-order valence-corrected chi connectivity index (χ3v) is 9.01. The first kappa shape index (κ1) is 14.7. The maximum Gasteiger partial charge on any atom is 0.0101 e. The first-order chi connectivity index (χ1) is 12.9. The Hall–Kier alpha value is -2.34. The molecule has 0 amide bonds. The lowest BCUT2D eigenvalue weighted by atomic mass is 9.68. The third-order valence-electron chi connectivity index (χ3n) is 9.01. The molecule has 0 spiro atoms. The van der Waals surface area contributed by atoms with Crippen molar-refractivity contribution < 1.29 is 0 Å². The average molecular weight is 348 g/mol. The van der Waals surface area contributed by atoms with E-state index in [0.717, 1.165) is 0 Å². The molecule has 7 rings (SSSR count). The van der Waals surface area contributed by atoms with Gasteiger partial charge < -0.3 is 0 Å². The molecule has 0 nitrogen and oxygen atoms in total. The van der Waals surface area contributed by atoms with Crippen LogP contribution in [0.25, 0.3) is 0 Å². The number of hydrogen-bond acceptors (Lipinski definition) is 0. The first-order valence-electron chi connectivity index (χ1n) is 10.3. The maximum absolute atomic E-state index is 4.44. The fourth-order valence-electron chi connectivity index (χ4n) is 7.78. The van der Waals surface area contributed by atoms with Crippen molar-refractivity contribution in [1.82, 2.24) is 0 Å². The highest BCUT2D eigenvalue weighted by atomic mass is 14.6. The van der Waals surface area contributed by atoms with E-state index in [1.165, 1.54) is 52.7 Å². The molecule has 3 fully saturated rings. The van der Waals surface area contributed by atoms with Gasteiger partial charge in [-0.3, -0.25) is 0 Å². The summed E-state index contributed by atoms with van der Waals surface area (Å²) in [5.74, 6) is 2.88. The molecule has 3 saturated carbocycles. The highest BCUT2D eigenvalue weighted by molar-refractivity contribution is 5.78. The quantitative estimate of drug-likeness (QED) is 0.485. The van der Waals surface area contributed by atoms with Crippen LogP contribution >= 0.6 is 0 Å². The smallest absolute Gasteiger partial charge is 0.0101 e. The average Bonchev–Trinajstić information content (AvgIpc) is 3.43. The van der Waals surface area contributed by atoms with Gasteiger partial charge in [-0.1, -0.05) is 39.5 Å². The summed E-state index contributed by atoms with van der Waals surface area (Å²) in [7, 11) is 0. The SMILES string of the molecule is C=C1C(=C)[C@@H]2C[C@H]1c1c3c(c4c(c12)[C@@H]1C[C@H]4C(=C)C1=C)[C@@H]1C[C@H]3C(=C)C1=C. The lowest BCUT2D eigenvalue weighted by Crippen LogP contribution is -2.19. The van der Waals surface area contributed by atoms with Crippen LogP contribution in [0.5, 0.6) is 0 Å². The Balaban J connectivity index is 1.65. The largest absolute Gasteiger partial charge is 0.0949 e. The molecule has 1 aromatic rings. The van der Waals surface area contributed by atoms with Crippen LogP contribution in [0.1, 0.15) is 88.2 Å². The lowest BCUT2D eigenvalue weighted by Gasteiger charge is -2.35. The van der Waals surface area contributed by atoms with E-state index in [4.69, 9.17) is 0 Å². The molecule has 0 unspecified atom stereocenters. The maximum atomic E-state index is 4.44. The van der Waals surface area contributed by atoms with Crippen molar-refractivity contribution in [3.05, 3.63) is 106 Å². The van der Waals surface area contributed by atoms with Gasteiger partial charge in [0, 0.05) is 35.5 Å². The molecule has 0 heteroatoms. The van der Waals surface area contributed by atoms with Gasteiger partial charge in [0.2, 0.25) is 0 Å². The van der Waals surface area contributed by atoms with Gasteiger partial charge in [-0.05, 0) is 86.1 Å². The van der Waals surface area contributed by atoms with Gasteiger partial charge in [-0.15, -0.1) is 0 Å². The molecule has 1 aromatic carbocycles. The van der Waals surface area contributed by atoms with E-state index in [2.05, 4.69) is 39.5 Å². The molecule has 6 atom stereocenters. The van der Waals surface area contributed by atoms with Crippen molar-refractivity contribution in [2.45, 2.75) is 54.8 Å². The Kier molecular flexibility index (Phi) is 2.21. The molecular weight excluding hydrogens is 324 g/mol. The summed E-state index contributed by atoms with van der Waals surface area (Å²) < 4.78 is 0. The van der Waals surface area contributed by atoms with Crippen molar-refractivity contribution >= 4 is 0 Å². The molecule has 0 heterocycles. The molecule has 6 bridgehead atoms. The third kappa shape index (κ3) is 1.27. The minimum absolute atomic E-state index is 0.479. The summed E-state index contributed by atoms with van der Waals surface area (Å²) in [5, 5.41) is 0. The zero-order valence-electron chi connectivity index (χ0n) is 15.8. The second-order valence-electron chi connectivity index (χ2n) is 9.66. The van der Waals surface area contributed by atoms with E-state index >= 15 is 0 Å². The summed E-state index contributed by atoms with van der Waals surface area (Å²) >= 11 is 0. The Labute approximate surface area is 161 Å². The van der Waals surface area contributed by atoms with Crippen molar-refractivity contribution in [2.75, 3.05) is 0 Å². The van der Waals surface area contributed by atoms with Crippen molar-refractivity contribution in [2.24, 2.45) is 0 Å². The summed E-state index contributed by atoms with van der Waals surface area (Å²) in [6.45, 7) is 26.6. The number of allylic oxidation sites excluding steroid dienone is 6. The molecule has 6 aliphatic rings. The van der Waals surface area contributed by atoms with E-state index < -0.39 is 0 Å². The Morgan fingerprint density at radius 1 is 0.333 bits per heavy atom. The van der Waals surface area contributed by atoms with E-state index in [0.29, 0.717) is 35.5 Å². The van der Waals surface area contributed by atoms with Crippen LogP contribution in [0.2, 0.25) is 0 Å². The van der Waals surface area contributed by atoms with Crippen LogP contribution in [0, 0.1) is 0 Å². The zero-order valence-corrected chi connectivity index (χ0v) is 15.8. The van der Waals surface area contributed by atoms with E-state index in [-0.39, 0.29) is 0 Å². The lowest BCUT2D eigenvalue weighted by molar-refractivity contribution is 0.782. The van der Waals surface area contributed by atoms with Gasteiger partial charge in [-0.2, -0.15) is 0 Å². The molecule has 6 aliphatic carbocycles. The fourth-order valence-corrected chi connectivity index (χ4v) is 7.78. The second-order valence-corrected chi connectivity index (χ2v) is 9.66. The summed E-state index contributed by atoms with van der Waals surface area (Å²) in [5.41, 5.74) is 17.5. The van der Waals surface area contributed by atoms with Crippen molar-refractivity contribution in [1.29, 1.82) is 0 Å². The van der Waals surface area contributed by atoms with Crippen LogP contribution < -0.4 is 0 Å². The predicted octanol–water partition coefficient (Wildman–Crippen LogP) is 6.78. The number of benzene rings is 1. The normalized spacial score (nSPS) is 39.1. The Morgan fingerprint density at radius 2 is 0.481 bits per heavy atom. The van der Waals surface area contributed by atoms with Gasteiger partial charge in [0.25, 0.3) is 0 Å². The summed E-state index contributed by atoms with van der Waals surface area (Å²) in [6.07, 6.45) is 3.56. The number of hydrogen-bond donors (Lipinski definition) is 0. The fraction of sp³-hybridized carbons (Fsp3) is 0.333. The van der Waals surface area contributed by atoms with Gasteiger partial charge in [0.1, 0.15) is 0 Å². The molecule has 132 valence electrons. The summed E-state index contributed by atoms with van der Waals surface area (Å²) in [6, 6.07) is 0. The molecule has 0 aromatic heterocycles. The van der Waals surface area contributed by atoms with E-state index in [9.17, 15) is 0 Å². The second kappa shape index (κ2) is 4.07. The van der Waals surface area contributed by atoms with Gasteiger partial charge >= 0.3 is 0 Å². The highest BCUT2D eigenvalue weighted by Gasteiger charge is 2.57. The van der Waals surface area contributed by atoms with Gasteiger partial charge in [0.05, 0.1) is 0 Å². The molecule has 0 aliphatic heterocycles. The molecular formula is C27H24. The summed E-state index contributed by atoms with van der Waals surface area (Å²) in [4.78, 5) is 0. The van der Waals surface area contributed by atoms with Crippen LogP contribution in [0.3, 0.4) is 0 Å². The van der Waals surface area contributed by atoms with Crippen molar-refractivity contribution in [3.8, 4) is 0 Å². The van der Waals surface area contributed by atoms with E-state index in [1.54, 1.807) is 33.4 Å². The standard InChI is InChI=1S/C27H24/c1-10-11(2)17-7-16(10)22-23(17)25-19-9-21(15(6)14(19)5)27(25)26-20-8-18(24(22)26)12(3)13(20)4/h16-21H,1-9H2/t16-,17+,18+,19-,20-,21+. The Morgan fingerprint density at radius 3 is 0.630 bits per heavy atom. The number of fused-ring (bicyclic) bond motifs is 18. The monoisotopic (exact) mass is 348 g/mol. The van der Waals surface area contributed by atoms with Gasteiger partial charge in [0.15, 0.2) is 0 Å². The van der Waals surface area contributed by atoms with Crippen LogP contribution in [0.15, 0.2) is 72.9 Å². The first-order valence-corrected chi connectivity index (χ1v) is 10.3. The van der Waals surface area contributed by atoms with Crippen molar-refractivity contribution in [3.63, 3.8) is 0 Å². The minimum atomic E-state index is 0.479. The highest BCUT2D eigenvalue weighted by Crippen LogP contribution is 2.72.